The number of thiazole rings is 1. The Morgan fingerprint density at radius 1 is 1.00 bits per heavy atom. The van der Waals surface area contributed by atoms with E-state index in [0.29, 0.717) is 23.7 Å². The van der Waals surface area contributed by atoms with Crippen LogP contribution in [-0.4, -0.2) is 16.1 Å². The van der Waals surface area contributed by atoms with E-state index >= 15 is 0 Å². The highest BCUT2D eigenvalue weighted by atomic mass is 32.1. The molecular formula is C31H46N2O2S. The zero-order chi connectivity index (χ0) is 26.1. The number of hydrogen-bond acceptors (Lipinski definition) is 4. The number of nitrogens with zero attached hydrogens (tertiary/aromatic N) is 1. The summed E-state index contributed by atoms with van der Waals surface area (Å²) in [7, 11) is 0. The van der Waals surface area contributed by atoms with Gasteiger partial charge < -0.3 is 10.8 Å². The van der Waals surface area contributed by atoms with Gasteiger partial charge in [-0.15, -0.1) is 11.3 Å². The molecule has 0 saturated heterocycles. The minimum Gasteiger partial charge on any atom is -0.481 e. The summed E-state index contributed by atoms with van der Waals surface area (Å²) in [6.07, 6.45) is 9.69. The van der Waals surface area contributed by atoms with Crippen molar-refractivity contribution in [3.8, 4) is 0 Å². The molecule has 1 aromatic rings. The molecule has 0 spiro atoms. The number of nitrogen functional groups attached to an aromatic ring is 1. The van der Waals surface area contributed by atoms with E-state index in [9.17, 15) is 9.90 Å². The quantitative estimate of drug-likeness (QED) is 0.404. The summed E-state index contributed by atoms with van der Waals surface area (Å²) < 4.78 is 0. The molecule has 0 radical (unpaired) electrons. The fourth-order valence-corrected chi connectivity index (χ4v) is 13.0. The van der Waals surface area contributed by atoms with Gasteiger partial charge in [0, 0.05) is 10.3 Å². The van der Waals surface area contributed by atoms with Gasteiger partial charge in [-0.05, 0) is 111 Å². The molecule has 0 amide bonds. The Labute approximate surface area is 221 Å². The summed E-state index contributed by atoms with van der Waals surface area (Å²) in [5, 5.41) is 11.3. The van der Waals surface area contributed by atoms with Crippen LogP contribution in [0.1, 0.15) is 103 Å². The van der Waals surface area contributed by atoms with Crippen molar-refractivity contribution in [2.24, 2.45) is 51.2 Å². The van der Waals surface area contributed by atoms with Crippen LogP contribution in [0.3, 0.4) is 0 Å². The lowest BCUT2D eigenvalue weighted by atomic mass is 9.32. The van der Waals surface area contributed by atoms with Crippen LogP contribution >= 0.6 is 11.3 Å². The average Bonchev–Trinajstić information content (AvgIpc) is 3.35. The number of hydrogen-bond donors (Lipinski definition) is 2. The zero-order valence-corrected chi connectivity index (χ0v) is 24.1. The van der Waals surface area contributed by atoms with Crippen molar-refractivity contribution >= 4 is 22.4 Å². The number of nitrogens with two attached hydrogens (primary N) is 1. The van der Waals surface area contributed by atoms with Gasteiger partial charge in [0.2, 0.25) is 0 Å². The van der Waals surface area contributed by atoms with Crippen LogP contribution in [0.4, 0.5) is 5.13 Å². The number of rotatable bonds is 2. The van der Waals surface area contributed by atoms with Gasteiger partial charge in [-0.2, -0.15) is 0 Å². The van der Waals surface area contributed by atoms with Crippen LogP contribution in [-0.2, 0) is 16.6 Å². The Balaban J connectivity index is 1.44. The molecule has 4 fully saturated rings. The second-order valence-corrected chi connectivity index (χ2v) is 16.0. The second kappa shape index (κ2) is 7.39. The Kier molecular flexibility index (Phi) is 5.12. The molecule has 3 N–H and O–H groups in total. The fraction of sp³-hybridized carbons (Fsp3) is 0.806. The topological polar surface area (TPSA) is 76.2 Å². The Bertz CT molecular complexity index is 1140. The lowest BCUT2D eigenvalue weighted by Crippen LogP contribution is -2.66. The molecule has 0 aliphatic heterocycles. The molecule has 0 bridgehead atoms. The summed E-state index contributed by atoms with van der Waals surface area (Å²) in [5.74, 6) is 1.78. The lowest BCUT2D eigenvalue weighted by molar-refractivity contribution is -0.227. The van der Waals surface area contributed by atoms with Gasteiger partial charge in [0.25, 0.3) is 0 Å². The van der Waals surface area contributed by atoms with Crippen LogP contribution in [0, 0.1) is 51.2 Å². The first-order valence-corrected chi connectivity index (χ1v) is 15.2. The fourth-order valence-electron chi connectivity index (χ4n) is 11.8. The third-order valence-electron chi connectivity index (χ3n) is 13.5. The molecule has 5 aliphatic carbocycles. The van der Waals surface area contributed by atoms with Crippen LogP contribution in [0.5, 0.6) is 0 Å². The summed E-state index contributed by atoms with van der Waals surface area (Å²) in [6.45, 7) is 19.2. The molecule has 1 heterocycles. The van der Waals surface area contributed by atoms with E-state index in [0.717, 1.165) is 37.2 Å². The highest BCUT2D eigenvalue weighted by molar-refractivity contribution is 7.15. The summed E-state index contributed by atoms with van der Waals surface area (Å²) in [5.41, 5.74) is 8.83. The predicted octanol–water partition coefficient (Wildman–Crippen LogP) is 7.48. The van der Waals surface area contributed by atoms with Crippen molar-refractivity contribution < 1.29 is 9.90 Å². The molecular weight excluding hydrogens is 464 g/mol. The van der Waals surface area contributed by atoms with E-state index < -0.39 is 11.4 Å². The number of allylic oxidation sites excluding steroid dienone is 1. The molecule has 198 valence electrons. The van der Waals surface area contributed by atoms with Gasteiger partial charge in [0.15, 0.2) is 5.13 Å². The largest absolute Gasteiger partial charge is 0.481 e. The summed E-state index contributed by atoms with van der Waals surface area (Å²) >= 11 is 1.72. The summed E-state index contributed by atoms with van der Waals surface area (Å²) in [6, 6.07) is 0. The molecule has 36 heavy (non-hydrogen) atoms. The summed E-state index contributed by atoms with van der Waals surface area (Å²) in [4.78, 5) is 19.1. The van der Waals surface area contributed by atoms with Crippen molar-refractivity contribution in [2.75, 3.05) is 5.73 Å². The smallest absolute Gasteiger partial charge is 0.309 e. The van der Waals surface area contributed by atoms with Gasteiger partial charge in [0.05, 0.1) is 11.1 Å². The number of anilines is 1. The number of carboxylic acid groups (broad SMARTS) is 1. The molecule has 4 nitrogen and oxygen atoms in total. The minimum absolute atomic E-state index is 0.0388. The van der Waals surface area contributed by atoms with Crippen LogP contribution < -0.4 is 5.73 Å². The third kappa shape index (κ3) is 2.77. The first-order chi connectivity index (χ1) is 16.7. The number of aliphatic carboxylic acids is 1. The number of carbonyl (C=O) groups is 1. The molecule has 9 atom stereocenters. The lowest BCUT2D eigenvalue weighted by Gasteiger charge is -2.72. The van der Waals surface area contributed by atoms with E-state index in [1.165, 1.54) is 41.8 Å². The van der Waals surface area contributed by atoms with E-state index in [2.05, 4.69) is 48.1 Å². The Morgan fingerprint density at radius 2 is 1.72 bits per heavy atom. The van der Waals surface area contributed by atoms with E-state index in [-0.39, 0.29) is 27.6 Å². The highest BCUT2D eigenvalue weighted by Crippen LogP contribution is 2.77. The Morgan fingerprint density at radius 3 is 2.39 bits per heavy atom. The monoisotopic (exact) mass is 510 g/mol. The van der Waals surface area contributed by atoms with Gasteiger partial charge >= 0.3 is 5.97 Å². The van der Waals surface area contributed by atoms with Gasteiger partial charge in [-0.3, -0.25) is 4.79 Å². The minimum atomic E-state index is -0.542. The molecule has 4 saturated carbocycles. The van der Waals surface area contributed by atoms with Crippen LogP contribution in [0.15, 0.2) is 12.2 Å². The molecule has 6 rings (SSSR count). The van der Waals surface area contributed by atoms with Gasteiger partial charge in [0.1, 0.15) is 0 Å². The molecule has 0 aromatic carbocycles. The van der Waals surface area contributed by atoms with Gasteiger partial charge in [-0.25, -0.2) is 4.98 Å². The predicted molar refractivity (Wildman–Crippen MR) is 147 cm³/mol. The van der Waals surface area contributed by atoms with Crippen molar-refractivity contribution in [1.29, 1.82) is 0 Å². The van der Waals surface area contributed by atoms with E-state index in [4.69, 9.17) is 10.7 Å². The standard InChI is InChI=1S/C31H46N2O2S/c1-17(2)18-10-13-31(25(34)35)15-14-29(6)19(23(18)31)8-9-22-28(5)16-20-24(33-26(32)36-20)27(3,4)21(28)11-12-30(22,29)7/h18-19,21-23H,1,8-16H2,2-7H3,(H2,32,33)(H,34,35)/t18-,19?,21?,22?,23?,28-,29+,30+,31-/m0/s1. The Hall–Kier alpha value is -1.36. The maximum Gasteiger partial charge on any atom is 0.309 e. The van der Waals surface area contributed by atoms with Crippen molar-refractivity contribution in [1.82, 2.24) is 4.98 Å². The average molecular weight is 511 g/mol. The third-order valence-corrected chi connectivity index (χ3v) is 14.4. The zero-order valence-electron chi connectivity index (χ0n) is 23.2. The number of carboxylic acids is 1. The maximum atomic E-state index is 12.9. The molecule has 5 aliphatic rings. The van der Waals surface area contributed by atoms with Crippen molar-refractivity contribution in [3.05, 3.63) is 22.7 Å². The normalized spacial score (nSPS) is 48.7. The maximum absolute atomic E-state index is 12.9. The van der Waals surface area contributed by atoms with E-state index in [1.807, 2.05) is 0 Å². The van der Waals surface area contributed by atoms with Gasteiger partial charge in [-0.1, -0.05) is 46.8 Å². The molecule has 1 aromatic heterocycles. The second-order valence-electron chi connectivity index (χ2n) is 14.9. The molecule has 5 heteroatoms. The number of aromatic nitrogens is 1. The number of fused-ring (bicyclic) bond motifs is 8. The highest BCUT2D eigenvalue weighted by Gasteiger charge is 2.72. The first-order valence-electron chi connectivity index (χ1n) is 14.4. The van der Waals surface area contributed by atoms with Crippen LogP contribution in [0.2, 0.25) is 0 Å². The van der Waals surface area contributed by atoms with Crippen LogP contribution in [0.25, 0.3) is 0 Å². The van der Waals surface area contributed by atoms with Crippen molar-refractivity contribution in [3.63, 3.8) is 0 Å². The SMILES string of the molecule is C=C(C)[C@@H]1CC[C@]2(C(=O)O)CC[C@]3(C)C(CCC4[C@@]5(C)Cc6sc(N)nc6C(C)(C)C5CC[C@]43C)C12. The van der Waals surface area contributed by atoms with E-state index in [1.54, 1.807) is 11.3 Å². The first kappa shape index (κ1) is 24.9. The molecule has 4 unspecified atom stereocenters. The van der Waals surface area contributed by atoms with Crippen molar-refractivity contribution in [2.45, 2.75) is 105 Å².